The van der Waals surface area contributed by atoms with Gasteiger partial charge in [0.25, 0.3) is 0 Å². The standard InChI is InChI=1S/C12H23NO3S/c1-3-5-6-12(14)13-9-7-11(8-10-13)17(15,16)4-2/h11H,3-10H2,1-2H3. The molecule has 1 aliphatic rings. The number of hydrogen-bond donors (Lipinski definition) is 0. The Bertz CT molecular complexity index is 343. The molecule has 0 radical (unpaired) electrons. The smallest absolute Gasteiger partial charge is 0.222 e. The fraction of sp³-hybridized carbons (Fsp3) is 0.917. The Morgan fingerprint density at radius 1 is 1.24 bits per heavy atom. The van der Waals surface area contributed by atoms with Crippen molar-refractivity contribution in [2.75, 3.05) is 18.8 Å². The third kappa shape index (κ3) is 3.98. The molecular weight excluding hydrogens is 238 g/mol. The number of likely N-dealkylation sites (tertiary alicyclic amines) is 1. The van der Waals surface area contributed by atoms with Crippen LogP contribution in [0.5, 0.6) is 0 Å². The molecule has 100 valence electrons. The minimum Gasteiger partial charge on any atom is -0.343 e. The van der Waals surface area contributed by atoms with Crippen LogP contribution in [0.15, 0.2) is 0 Å². The number of sulfone groups is 1. The summed E-state index contributed by atoms with van der Waals surface area (Å²) in [7, 11) is -2.93. The fourth-order valence-electron chi connectivity index (χ4n) is 2.19. The van der Waals surface area contributed by atoms with E-state index in [9.17, 15) is 13.2 Å². The second kappa shape index (κ2) is 6.38. The summed E-state index contributed by atoms with van der Waals surface area (Å²) in [5.41, 5.74) is 0. The summed E-state index contributed by atoms with van der Waals surface area (Å²) < 4.78 is 23.4. The van der Waals surface area contributed by atoms with E-state index in [1.54, 1.807) is 6.92 Å². The maximum Gasteiger partial charge on any atom is 0.222 e. The molecule has 1 fully saturated rings. The van der Waals surface area contributed by atoms with Gasteiger partial charge in [-0.1, -0.05) is 20.3 Å². The third-order valence-corrected chi connectivity index (χ3v) is 5.74. The molecule has 1 amide bonds. The van der Waals surface area contributed by atoms with Gasteiger partial charge in [-0.15, -0.1) is 0 Å². The van der Waals surface area contributed by atoms with Crippen LogP contribution in [-0.2, 0) is 14.6 Å². The third-order valence-electron chi connectivity index (χ3n) is 3.45. The lowest BCUT2D eigenvalue weighted by Gasteiger charge is -2.31. The van der Waals surface area contributed by atoms with Gasteiger partial charge in [0.05, 0.1) is 5.25 Å². The molecule has 1 aliphatic heterocycles. The van der Waals surface area contributed by atoms with Crippen LogP contribution < -0.4 is 0 Å². The highest BCUT2D eigenvalue weighted by atomic mass is 32.2. The van der Waals surface area contributed by atoms with E-state index >= 15 is 0 Å². The lowest BCUT2D eigenvalue weighted by Crippen LogP contribution is -2.42. The van der Waals surface area contributed by atoms with Gasteiger partial charge in [-0.2, -0.15) is 0 Å². The van der Waals surface area contributed by atoms with Gasteiger partial charge >= 0.3 is 0 Å². The first-order valence-corrected chi connectivity index (χ1v) is 8.22. The molecule has 0 aromatic carbocycles. The van der Waals surface area contributed by atoms with Crippen molar-refractivity contribution in [3.05, 3.63) is 0 Å². The number of piperidine rings is 1. The van der Waals surface area contributed by atoms with Gasteiger partial charge in [0.2, 0.25) is 5.91 Å². The van der Waals surface area contributed by atoms with Crippen LogP contribution in [0.25, 0.3) is 0 Å². The van der Waals surface area contributed by atoms with E-state index in [4.69, 9.17) is 0 Å². The Morgan fingerprint density at radius 2 is 1.82 bits per heavy atom. The molecule has 1 rings (SSSR count). The lowest BCUT2D eigenvalue weighted by atomic mass is 10.1. The lowest BCUT2D eigenvalue weighted by molar-refractivity contribution is -0.132. The number of hydrogen-bond acceptors (Lipinski definition) is 3. The highest BCUT2D eigenvalue weighted by Crippen LogP contribution is 2.19. The van der Waals surface area contributed by atoms with Crippen LogP contribution in [0.2, 0.25) is 0 Å². The molecule has 1 saturated heterocycles. The molecule has 1 heterocycles. The van der Waals surface area contributed by atoms with Crippen LogP contribution in [0.3, 0.4) is 0 Å². The zero-order chi connectivity index (χ0) is 12.9. The van der Waals surface area contributed by atoms with Gasteiger partial charge in [0.15, 0.2) is 9.84 Å². The second-order valence-corrected chi connectivity index (χ2v) is 7.20. The van der Waals surface area contributed by atoms with E-state index < -0.39 is 9.84 Å². The Kier molecular flexibility index (Phi) is 5.43. The molecular formula is C12H23NO3S. The largest absolute Gasteiger partial charge is 0.343 e. The molecule has 5 heteroatoms. The van der Waals surface area contributed by atoms with Gasteiger partial charge in [-0.3, -0.25) is 4.79 Å². The Hall–Kier alpha value is -0.580. The highest BCUT2D eigenvalue weighted by Gasteiger charge is 2.29. The Morgan fingerprint density at radius 3 is 2.29 bits per heavy atom. The normalized spacial score (nSPS) is 18.4. The maximum atomic E-state index is 11.8. The molecule has 0 aromatic rings. The predicted molar refractivity (Wildman–Crippen MR) is 68.6 cm³/mol. The molecule has 0 N–H and O–H groups in total. The molecule has 4 nitrogen and oxygen atoms in total. The van der Waals surface area contributed by atoms with E-state index in [1.165, 1.54) is 0 Å². The van der Waals surface area contributed by atoms with E-state index in [-0.39, 0.29) is 16.9 Å². The van der Waals surface area contributed by atoms with Crippen molar-refractivity contribution in [2.24, 2.45) is 0 Å². The number of carbonyl (C=O) groups excluding carboxylic acids is 1. The van der Waals surface area contributed by atoms with Gasteiger partial charge in [0.1, 0.15) is 0 Å². The first-order valence-electron chi connectivity index (χ1n) is 6.50. The van der Waals surface area contributed by atoms with Crippen molar-refractivity contribution in [1.82, 2.24) is 4.90 Å². The molecule has 0 bridgehead atoms. The van der Waals surface area contributed by atoms with Crippen LogP contribution >= 0.6 is 0 Å². The summed E-state index contributed by atoms with van der Waals surface area (Å²) >= 11 is 0. The number of rotatable bonds is 5. The van der Waals surface area contributed by atoms with Gasteiger partial charge in [-0.25, -0.2) is 8.42 Å². The van der Waals surface area contributed by atoms with Gasteiger partial charge < -0.3 is 4.90 Å². The molecule has 0 spiro atoms. The Balaban J connectivity index is 2.43. The van der Waals surface area contributed by atoms with Crippen LogP contribution in [-0.4, -0.2) is 43.3 Å². The molecule has 0 unspecified atom stereocenters. The molecule has 0 aromatic heterocycles. The topological polar surface area (TPSA) is 54.5 Å². The summed E-state index contributed by atoms with van der Waals surface area (Å²) in [6.45, 7) is 4.96. The number of unbranched alkanes of at least 4 members (excludes halogenated alkanes) is 1. The van der Waals surface area contributed by atoms with E-state index in [1.807, 2.05) is 4.90 Å². The summed E-state index contributed by atoms with van der Waals surface area (Å²) in [5.74, 6) is 0.390. The summed E-state index contributed by atoms with van der Waals surface area (Å²) in [6.07, 6.45) is 3.75. The van der Waals surface area contributed by atoms with Crippen molar-refractivity contribution in [3.63, 3.8) is 0 Å². The molecule has 0 atom stereocenters. The van der Waals surface area contributed by atoms with Crippen LogP contribution in [0, 0.1) is 0 Å². The zero-order valence-corrected chi connectivity index (χ0v) is 11.6. The van der Waals surface area contributed by atoms with Crippen molar-refractivity contribution in [3.8, 4) is 0 Å². The van der Waals surface area contributed by atoms with Crippen LogP contribution in [0.4, 0.5) is 0 Å². The minimum atomic E-state index is -2.93. The fourth-order valence-corrected chi connectivity index (χ4v) is 3.59. The maximum absolute atomic E-state index is 11.8. The number of nitrogens with zero attached hydrogens (tertiary/aromatic N) is 1. The predicted octanol–water partition coefficient (Wildman–Crippen LogP) is 1.60. The molecule has 17 heavy (non-hydrogen) atoms. The Labute approximate surface area is 104 Å². The van der Waals surface area contributed by atoms with E-state index in [0.717, 1.165) is 12.8 Å². The molecule has 0 saturated carbocycles. The minimum absolute atomic E-state index is 0.180. The summed E-state index contributed by atoms with van der Waals surface area (Å²) in [6, 6.07) is 0. The van der Waals surface area contributed by atoms with Gasteiger partial charge in [-0.05, 0) is 19.3 Å². The zero-order valence-electron chi connectivity index (χ0n) is 10.8. The van der Waals surface area contributed by atoms with E-state index in [2.05, 4.69) is 6.92 Å². The van der Waals surface area contributed by atoms with Crippen molar-refractivity contribution in [2.45, 2.75) is 51.2 Å². The summed E-state index contributed by atoms with van der Waals surface area (Å²) in [4.78, 5) is 13.6. The first kappa shape index (κ1) is 14.5. The molecule has 0 aliphatic carbocycles. The number of amides is 1. The van der Waals surface area contributed by atoms with Gasteiger partial charge in [0, 0.05) is 25.3 Å². The average Bonchev–Trinajstić information content (AvgIpc) is 2.36. The quantitative estimate of drug-likeness (QED) is 0.755. The summed E-state index contributed by atoms with van der Waals surface area (Å²) in [5, 5.41) is -0.234. The van der Waals surface area contributed by atoms with Crippen molar-refractivity contribution >= 4 is 15.7 Å². The van der Waals surface area contributed by atoms with Crippen molar-refractivity contribution in [1.29, 1.82) is 0 Å². The monoisotopic (exact) mass is 261 g/mol. The second-order valence-electron chi connectivity index (χ2n) is 4.64. The van der Waals surface area contributed by atoms with Crippen LogP contribution in [0.1, 0.15) is 46.0 Å². The number of carbonyl (C=O) groups is 1. The van der Waals surface area contributed by atoms with Crippen molar-refractivity contribution < 1.29 is 13.2 Å². The average molecular weight is 261 g/mol. The SMILES string of the molecule is CCCCC(=O)N1CCC(S(=O)(=O)CC)CC1. The van der Waals surface area contributed by atoms with E-state index in [0.29, 0.717) is 32.4 Å². The first-order chi connectivity index (χ1) is 8.01. The highest BCUT2D eigenvalue weighted by molar-refractivity contribution is 7.92.